The third kappa shape index (κ3) is 2.78. The lowest BCUT2D eigenvalue weighted by Crippen LogP contribution is -2.43. The number of alkyl halides is 3. The van der Waals surface area contributed by atoms with Crippen molar-refractivity contribution in [3.8, 4) is 0 Å². The summed E-state index contributed by atoms with van der Waals surface area (Å²) in [7, 11) is 0. The number of hydrogen-bond donors (Lipinski definition) is 0. The monoisotopic (exact) mass is 328 g/mol. The first-order valence-corrected chi connectivity index (χ1v) is 6.84. The smallest absolute Gasteiger partial charge is 0.291 e. The number of hydrogen-bond acceptors (Lipinski definition) is 3. The summed E-state index contributed by atoms with van der Waals surface area (Å²) in [5.74, 6) is -1.45. The molecule has 1 aliphatic heterocycles. The fraction of sp³-hybridized carbons (Fsp3) is 0.357. The zero-order valence-corrected chi connectivity index (χ0v) is 12.0. The average molecular weight is 328 g/mol. The molecule has 1 unspecified atom stereocenters. The molecule has 3 heterocycles. The van der Waals surface area contributed by atoms with Gasteiger partial charge in [-0.15, -0.1) is 0 Å². The lowest BCUT2D eigenvalue weighted by Gasteiger charge is -2.33. The maximum atomic E-state index is 13.2. The van der Waals surface area contributed by atoms with Crippen LogP contribution in [0.15, 0.2) is 24.3 Å². The topological polar surface area (TPSA) is 51.0 Å². The molecule has 0 N–H and O–H groups in total. The minimum absolute atomic E-state index is 0.0344. The summed E-state index contributed by atoms with van der Waals surface area (Å²) >= 11 is 0. The first-order chi connectivity index (χ1) is 10.8. The van der Waals surface area contributed by atoms with E-state index < -0.39 is 24.1 Å². The van der Waals surface area contributed by atoms with Gasteiger partial charge in [-0.2, -0.15) is 22.7 Å². The van der Waals surface area contributed by atoms with E-state index in [-0.39, 0.29) is 24.5 Å². The number of aryl methyl sites for hydroxylation is 1. The van der Waals surface area contributed by atoms with Gasteiger partial charge in [0.05, 0.1) is 5.69 Å². The number of anilines is 1. The van der Waals surface area contributed by atoms with E-state index in [9.17, 15) is 22.4 Å². The van der Waals surface area contributed by atoms with E-state index in [1.54, 1.807) is 6.92 Å². The number of carbonyl (C=O) groups is 1. The van der Waals surface area contributed by atoms with Crippen LogP contribution >= 0.6 is 0 Å². The van der Waals surface area contributed by atoms with Crippen LogP contribution in [0.4, 0.5) is 23.4 Å². The Morgan fingerprint density at radius 2 is 2.09 bits per heavy atom. The molecule has 0 aliphatic carbocycles. The van der Waals surface area contributed by atoms with Crippen molar-refractivity contribution in [1.29, 1.82) is 0 Å². The molecule has 122 valence electrons. The quantitative estimate of drug-likeness (QED) is 0.597. The second-order valence-corrected chi connectivity index (χ2v) is 5.24. The molecule has 2 aromatic heterocycles. The predicted octanol–water partition coefficient (Wildman–Crippen LogP) is 2.88. The highest BCUT2D eigenvalue weighted by Gasteiger charge is 2.46. The number of rotatable bonds is 1. The van der Waals surface area contributed by atoms with E-state index in [0.29, 0.717) is 5.69 Å². The molecule has 0 spiro atoms. The van der Waals surface area contributed by atoms with Gasteiger partial charge in [-0.25, -0.2) is 9.67 Å². The molecular formula is C14H12F4N4O. The molecule has 0 bridgehead atoms. The van der Waals surface area contributed by atoms with Crippen molar-refractivity contribution in [2.24, 2.45) is 0 Å². The molecule has 0 radical (unpaired) electrons. The summed E-state index contributed by atoms with van der Waals surface area (Å²) in [4.78, 5) is 17.1. The third-order valence-electron chi connectivity index (χ3n) is 3.59. The summed E-state index contributed by atoms with van der Waals surface area (Å²) < 4.78 is 53.3. The van der Waals surface area contributed by atoms with Crippen LogP contribution in [-0.2, 0) is 0 Å². The number of fused-ring (bicyclic) bond motifs is 1. The molecule has 3 rings (SSSR count). The van der Waals surface area contributed by atoms with E-state index in [4.69, 9.17) is 0 Å². The van der Waals surface area contributed by atoms with Crippen LogP contribution in [0.1, 0.15) is 28.6 Å². The molecule has 5 nitrogen and oxygen atoms in total. The number of halogens is 4. The van der Waals surface area contributed by atoms with Crippen LogP contribution in [0.3, 0.4) is 0 Å². The summed E-state index contributed by atoms with van der Waals surface area (Å²) in [5, 5.41) is 3.85. The van der Waals surface area contributed by atoms with Gasteiger partial charge in [-0.3, -0.25) is 9.69 Å². The zero-order valence-electron chi connectivity index (χ0n) is 12.0. The number of aromatic nitrogens is 3. The van der Waals surface area contributed by atoms with Crippen LogP contribution in [0, 0.1) is 12.9 Å². The minimum atomic E-state index is -4.46. The van der Waals surface area contributed by atoms with Gasteiger partial charge in [0.2, 0.25) is 5.95 Å². The number of nitrogens with zero attached hydrogens (tertiary/aromatic N) is 4. The Hall–Kier alpha value is -2.45. The second kappa shape index (κ2) is 5.32. The van der Waals surface area contributed by atoms with Crippen molar-refractivity contribution in [2.45, 2.75) is 25.6 Å². The molecule has 0 saturated heterocycles. The van der Waals surface area contributed by atoms with Gasteiger partial charge < -0.3 is 0 Å². The van der Waals surface area contributed by atoms with E-state index in [1.165, 1.54) is 18.2 Å². The summed E-state index contributed by atoms with van der Waals surface area (Å²) in [6, 6.07) is 3.33. The molecule has 1 amide bonds. The zero-order chi connectivity index (χ0) is 16.8. The summed E-state index contributed by atoms with van der Waals surface area (Å²) in [6.07, 6.45) is -4.78. The van der Waals surface area contributed by atoms with Crippen LogP contribution in [0.25, 0.3) is 0 Å². The van der Waals surface area contributed by atoms with Crippen molar-refractivity contribution in [3.05, 3.63) is 41.6 Å². The van der Waals surface area contributed by atoms with Crippen LogP contribution in [-0.4, -0.2) is 33.4 Å². The van der Waals surface area contributed by atoms with Crippen molar-refractivity contribution in [3.63, 3.8) is 0 Å². The summed E-state index contributed by atoms with van der Waals surface area (Å²) in [6.45, 7) is 1.40. The van der Waals surface area contributed by atoms with E-state index in [0.717, 1.165) is 15.6 Å². The van der Waals surface area contributed by atoms with Gasteiger partial charge >= 0.3 is 6.18 Å². The molecule has 0 saturated carbocycles. The Morgan fingerprint density at radius 3 is 2.74 bits per heavy atom. The van der Waals surface area contributed by atoms with Gasteiger partial charge in [0.25, 0.3) is 5.91 Å². The highest BCUT2D eigenvalue weighted by molar-refractivity contribution is 6.04. The Morgan fingerprint density at radius 1 is 1.35 bits per heavy atom. The Labute approximate surface area is 128 Å². The van der Waals surface area contributed by atoms with Crippen LogP contribution < -0.4 is 4.90 Å². The molecule has 23 heavy (non-hydrogen) atoms. The van der Waals surface area contributed by atoms with Gasteiger partial charge in [-0.1, -0.05) is 6.07 Å². The largest absolute Gasteiger partial charge is 0.410 e. The van der Waals surface area contributed by atoms with E-state index in [1.807, 2.05) is 0 Å². The first-order valence-electron chi connectivity index (χ1n) is 6.84. The van der Waals surface area contributed by atoms with Crippen molar-refractivity contribution < 1.29 is 22.4 Å². The van der Waals surface area contributed by atoms with E-state index in [2.05, 4.69) is 10.1 Å². The highest BCUT2D eigenvalue weighted by Crippen LogP contribution is 2.39. The van der Waals surface area contributed by atoms with Crippen molar-refractivity contribution in [2.75, 3.05) is 11.4 Å². The number of amides is 1. The average Bonchev–Trinajstić information content (AvgIpc) is 2.85. The lowest BCUT2D eigenvalue weighted by molar-refractivity contribution is -0.172. The normalized spacial score (nSPS) is 18.0. The maximum absolute atomic E-state index is 13.2. The molecule has 1 atom stereocenters. The third-order valence-corrected chi connectivity index (χ3v) is 3.59. The molecule has 1 aliphatic rings. The minimum Gasteiger partial charge on any atom is -0.291 e. The molecule has 0 aromatic carbocycles. The Balaban J connectivity index is 2.00. The van der Waals surface area contributed by atoms with Gasteiger partial charge in [-0.05, 0) is 25.5 Å². The Bertz CT molecular complexity index is 755. The van der Waals surface area contributed by atoms with Crippen molar-refractivity contribution in [1.82, 2.24) is 14.8 Å². The SMILES string of the molecule is Cc1cc2n(n1)C(C(F)(F)F)CCN2C(=O)c1cccc(F)n1. The molecule has 0 fully saturated rings. The summed E-state index contributed by atoms with van der Waals surface area (Å²) in [5.41, 5.74) is 0.196. The van der Waals surface area contributed by atoms with Crippen LogP contribution in [0.5, 0.6) is 0 Å². The first kappa shape index (κ1) is 15.4. The fourth-order valence-corrected chi connectivity index (χ4v) is 2.60. The Kier molecular flexibility index (Phi) is 3.57. The second-order valence-electron chi connectivity index (χ2n) is 5.24. The fourth-order valence-electron chi connectivity index (χ4n) is 2.60. The van der Waals surface area contributed by atoms with Gasteiger partial charge in [0.15, 0.2) is 6.04 Å². The molecule has 9 heteroatoms. The van der Waals surface area contributed by atoms with Crippen molar-refractivity contribution >= 4 is 11.7 Å². The maximum Gasteiger partial charge on any atom is 0.410 e. The van der Waals surface area contributed by atoms with Crippen LogP contribution in [0.2, 0.25) is 0 Å². The van der Waals surface area contributed by atoms with Gasteiger partial charge in [0.1, 0.15) is 11.5 Å². The molecular weight excluding hydrogens is 316 g/mol. The predicted molar refractivity (Wildman–Crippen MR) is 72.5 cm³/mol. The highest BCUT2D eigenvalue weighted by atomic mass is 19.4. The number of carbonyl (C=O) groups excluding carboxylic acids is 1. The molecule has 2 aromatic rings. The number of pyridine rings is 1. The van der Waals surface area contributed by atoms with Gasteiger partial charge in [0, 0.05) is 12.6 Å². The lowest BCUT2D eigenvalue weighted by atomic mass is 10.1. The van der Waals surface area contributed by atoms with E-state index >= 15 is 0 Å². The standard InChI is InChI=1S/C14H12F4N4O/c1-8-7-12-21(13(23)9-3-2-4-11(15)19-9)6-5-10(14(16,17)18)22(12)20-8/h2-4,7,10H,5-6H2,1H3.